The normalized spacial score (nSPS) is 11.8. The number of nitrogen functional groups attached to an aromatic ring is 2. The van der Waals surface area contributed by atoms with Crippen LogP contribution in [0.15, 0.2) is 140 Å². The summed E-state index contributed by atoms with van der Waals surface area (Å²) in [5, 5.41) is 7.56. The van der Waals surface area contributed by atoms with Crippen LogP contribution in [0.2, 0.25) is 0 Å². The van der Waals surface area contributed by atoms with Crippen molar-refractivity contribution in [2.45, 2.75) is 13.3 Å². The molecule has 212 valence electrons. The predicted molar refractivity (Wildman–Crippen MR) is 193 cm³/mol. The Kier molecular flexibility index (Phi) is 7.17. The van der Waals surface area contributed by atoms with E-state index in [4.69, 9.17) is 11.5 Å². The van der Waals surface area contributed by atoms with Crippen LogP contribution < -0.4 is 11.5 Å². The average molecular weight is 567 g/mol. The van der Waals surface area contributed by atoms with Crippen LogP contribution in [-0.2, 0) is 6.42 Å². The largest absolute Gasteiger partial charge is 0.397 e. The minimum Gasteiger partial charge on any atom is -0.397 e. The summed E-state index contributed by atoms with van der Waals surface area (Å²) in [7, 11) is 0. The van der Waals surface area contributed by atoms with Gasteiger partial charge in [-0.2, -0.15) is 0 Å². The molecular formula is C42H34N2. The molecule has 7 aromatic rings. The highest BCUT2D eigenvalue weighted by atomic mass is 14.7. The van der Waals surface area contributed by atoms with E-state index >= 15 is 0 Å². The quantitative estimate of drug-likeness (QED) is 0.155. The molecule has 0 bridgehead atoms. The third-order valence-corrected chi connectivity index (χ3v) is 8.56. The number of allylic oxidation sites excluding steroid dienone is 2. The second kappa shape index (κ2) is 11.6. The maximum atomic E-state index is 6.33. The Balaban J connectivity index is 1.27. The van der Waals surface area contributed by atoms with Gasteiger partial charge in [-0.1, -0.05) is 146 Å². The van der Waals surface area contributed by atoms with E-state index in [0.717, 1.165) is 17.5 Å². The van der Waals surface area contributed by atoms with Gasteiger partial charge in [-0.25, -0.2) is 0 Å². The second-order valence-corrected chi connectivity index (χ2v) is 11.3. The molecule has 0 amide bonds. The van der Waals surface area contributed by atoms with Crippen LogP contribution in [0.25, 0.3) is 66.7 Å². The van der Waals surface area contributed by atoms with E-state index in [-0.39, 0.29) is 0 Å². The van der Waals surface area contributed by atoms with Crippen molar-refractivity contribution < 1.29 is 0 Å². The molecule has 0 spiro atoms. The first kappa shape index (κ1) is 27.2. The number of benzene rings is 7. The summed E-state index contributed by atoms with van der Waals surface area (Å²) in [5.41, 5.74) is 22.0. The van der Waals surface area contributed by atoms with E-state index in [0.29, 0.717) is 11.4 Å². The number of nitrogens with two attached hydrogens (primary N) is 2. The van der Waals surface area contributed by atoms with Crippen LogP contribution in [0.5, 0.6) is 0 Å². The first-order valence-electron chi connectivity index (χ1n) is 15.1. The molecule has 0 aromatic heterocycles. The molecule has 4 N–H and O–H groups in total. The number of hydrogen-bond donors (Lipinski definition) is 2. The van der Waals surface area contributed by atoms with Crippen LogP contribution in [-0.4, -0.2) is 0 Å². The van der Waals surface area contributed by atoms with Gasteiger partial charge in [0.2, 0.25) is 0 Å². The maximum Gasteiger partial charge on any atom is 0.0627 e. The molecule has 0 saturated carbocycles. The van der Waals surface area contributed by atoms with Gasteiger partial charge in [-0.3, -0.25) is 0 Å². The molecule has 0 radical (unpaired) electrons. The first-order chi connectivity index (χ1) is 21.6. The highest BCUT2D eigenvalue weighted by Crippen LogP contribution is 2.44. The highest BCUT2D eigenvalue weighted by Gasteiger charge is 2.16. The van der Waals surface area contributed by atoms with E-state index in [2.05, 4.69) is 127 Å². The van der Waals surface area contributed by atoms with Gasteiger partial charge in [0, 0.05) is 0 Å². The number of anilines is 2. The average Bonchev–Trinajstić information content (AvgIpc) is 3.07. The van der Waals surface area contributed by atoms with Crippen molar-refractivity contribution in [1.29, 1.82) is 0 Å². The molecule has 2 nitrogen and oxygen atoms in total. The van der Waals surface area contributed by atoms with Crippen LogP contribution in [0.3, 0.4) is 0 Å². The zero-order valence-electron chi connectivity index (χ0n) is 24.8. The Morgan fingerprint density at radius 1 is 0.500 bits per heavy atom. The van der Waals surface area contributed by atoms with E-state index in [9.17, 15) is 0 Å². The first-order valence-corrected chi connectivity index (χ1v) is 15.1. The lowest BCUT2D eigenvalue weighted by Gasteiger charge is -2.18. The fourth-order valence-electron chi connectivity index (χ4n) is 6.37. The summed E-state index contributed by atoms with van der Waals surface area (Å²) >= 11 is 0. The van der Waals surface area contributed by atoms with E-state index < -0.39 is 0 Å². The van der Waals surface area contributed by atoms with Crippen LogP contribution in [0.1, 0.15) is 23.6 Å². The van der Waals surface area contributed by atoms with Gasteiger partial charge >= 0.3 is 0 Å². The Morgan fingerprint density at radius 2 is 1.00 bits per heavy atom. The van der Waals surface area contributed by atoms with Crippen LogP contribution >= 0.6 is 0 Å². The zero-order valence-corrected chi connectivity index (χ0v) is 24.8. The maximum absolute atomic E-state index is 6.33. The number of fused-ring (bicyclic) bond motifs is 3. The third-order valence-electron chi connectivity index (χ3n) is 8.56. The predicted octanol–water partition coefficient (Wildman–Crippen LogP) is 10.9. The highest BCUT2D eigenvalue weighted by molar-refractivity contribution is 6.21. The van der Waals surface area contributed by atoms with E-state index in [1.54, 1.807) is 0 Å². The smallest absolute Gasteiger partial charge is 0.0627 e. The Hall–Kier alpha value is -5.60. The van der Waals surface area contributed by atoms with Crippen molar-refractivity contribution in [1.82, 2.24) is 0 Å². The van der Waals surface area contributed by atoms with E-state index in [1.165, 1.54) is 60.1 Å². The lowest BCUT2D eigenvalue weighted by molar-refractivity contribution is 1.28. The van der Waals surface area contributed by atoms with Crippen molar-refractivity contribution in [3.8, 4) is 22.3 Å². The molecule has 44 heavy (non-hydrogen) atoms. The lowest BCUT2D eigenvalue weighted by Crippen LogP contribution is -1.99. The van der Waals surface area contributed by atoms with Gasteiger partial charge in [0.1, 0.15) is 0 Å². The Morgan fingerprint density at radius 3 is 1.59 bits per heavy atom. The van der Waals surface area contributed by atoms with Crippen LogP contribution in [0.4, 0.5) is 11.4 Å². The van der Waals surface area contributed by atoms with Gasteiger partial charge < -0.3 is 11.5 Å². The second-order valence-electron chi connectivity index (χ2n) is 11.3. The summed E-state index contributed by atoms with van der Waals surface area (Å²) in [5.74, 6) is 0. The monoisotopic (exact) mass is 566 g/mol. The molecule has 7 aromatic carbocycles. The number of rotatable bonds is 6. The summed E-state index contributed by atoms with van der Waals surface area (Å²) in [6, 6.07) is 46.0. The molecule has 2 heteroatoms. The molecule has 7 rings (SSSR count). The molecule has 0 aliphatic rings. The summed E-state index contributed by atoms with van der Waals surface area (Å²) in [6.07, 6.45) is 8.96. The molecule has 0 aliphatic heterocycles. The van der Waals surface area contributed by atoms with Crippen LogP contribution in [0, 0.1) is 0 Å². The third kappa shape index (κ3) is 4.91. The van der Waals surface area contributed by atoms with Gasteiger partial charge in [0.05, 0.1) is 11.4 Å². The SMILES string of the molecule is C/C=C\c1ccc(/C=C\Cc2ccc(-c3c4ccccc4c(-c4ccc5ccccc5c4)c4ccccc34)cc2)c(N)c1N. The summed E-state index contributed by atoms with van der Waals surface area (Å²) in [6.45, 7) is 1.97. The summed E-state index contributed by atoms with van der Waals surface area (Å²) < 4.78 is 0. The molecule has 0 unspecified atom stereocenters. The van der Waals surface area contributed by atoms with E-state index in [1.807, 2.05) is 31.2 Å². The lowest BCUT2D eigenvalue weighted by atomic mass is 9.85. The summed E-state index contributed by atoms with van der Waals surface area (Å²) in [4.78, 5) is 0. The molecule has 0 heterocycles. The minimum atomic E-state index is 0.623. The molecule has 0 aliphatic carbocycles. The van der Waals surface area contributed by atoms with Gasteiger partial charge in [-0.15, -0.1) is 0 Å². The Bertz CT molecular complexity index is 2160. The number of hydrogen-bond acceptors (Lipinski definition) is 2. The topological polar surface area (TPSA) is 52.0 Å². The van der Waals surface area contributed by atoms with Crippen molar-refractivity contribution in [2.75, 3.05) is 11.5 Å². The minimum absolute atomic E-state index is 0.623. The van der Waals surface area contributed by atoms with Gasteiger partial charge in [0.15, 0.2) is 0 Å². The van der Waals surface area contributed by atoms with Crippen molar-refractivity contribution in [2.24, 2.45) is 0 Å². The standard InChI is InChI=1S/C42H34N2/c1-2-10-31-24-25-32(42(44)41(31)43)14-9-11-28-19-21-30(22-20-28)39-35-15-5-7-17-37(35)40(38-18-8-6-16-36(38)39)34-26-23-29-12-3-4-13-33(29)27-34/h2-10,12-27H,11,43-44H2,1H3/b10-2-,14-9-. The van der Waals surface area contributed by atoms with Crippen molar-refractivity contribution in [3.05, 3.63) is 156 Å². The van der Waals surface area contributed by atoms with Crippen molar-refractivity contribution in [3.63, 3.8) is 0 Å². The van der Waals surface area contributed by atoms with Gasteiger partial charge in [0.25, 0.3) is 0 Å². The fourth-order valence-corrected chi connectivity index (χ4v) is 6.37. The molecule has 0 atom stereocenters. The molecule has 0 fully saturated rings. The molecular weight excluding hydrogens is 532 g/mol. The Labute approximate surface area is 258 Å². The fraction of sp³-hybridized carbons (Fsp3) is 0.0476. The van der Waals surface area contributed by atoms with Crippen molar-refractivity contribution >= 4 is 55.8 Å². The van der Waals surface area contributed by atoms with Gasteiger partial charge in [-0.05, 0) is 90.7 Å². The zero-order chi connectivity index (χ0) is 30.0. The molecule has 0 saturated heterocycles.